The number of hydrogen-bond acceptors (Lipinski definition) is 4. The molecule has 0 saturated carbocycles. The second kappa shape index (κ2) is 8.89. The van der Waals surface area contributed by atoms with Gasteiger partial charge in [-0.05, 0) is 54.8 Å². The van der Waals surface area contributed by atoms with E-state index in [1.54, 1.807) is 0 Å². The van der Waals surface area contributed by atoms with Crippen LogP contribution in [0.4, 0.5) is 8.78 Å². The van der Waals surface area contributed by atoms with Gasteiger partial charge in [0.1, 0.15) is 5.82 Å². The Labute approximate surface area is 190 Å². The molecule has 0 amide bonds. The highest BCUT2D eigenvalue weighted by Crippen LogP contribution is 2.53. The Morgan fingerprint density at radius 1 is 1.03 bits per heavy atom. The van der Waals surface area contributed by atoms with Crippen LogP contribution in [-0.4, -0.2) is 43.5 Å². The van der Waals surface area contributed by atoms with Gasteiger partial charge in [0.25, 0.3) is 0 Å². The van der Waals surface area contributed by atoms with Crippen molar-refractivity contribution in [2.45, 2.75) is 36.0 Å². The molecule has 31 heavy (non-hydrogen) atoms. The molecule has 0 bridgehead atoms. The van der Waals surface area contributed by atoms with E-state index in [-0.39, 0.29) is 17.8 Å². The predicted molar refractivity (Wildman–Crippen MR) is 118 cm³/mol. The lowest BCUT2D eigenvalue weighted by Gasteiger charge is -2.51. The van der Waals surface area contributed by atoms with Crippen LogP contribution in [0.5, 0.6) is 5.75 Å². The van der Waals surface area contributed by atoms with Crippen LogP contribution in [0.25, 0.3) is 0 Å². The van der Waals surface area contributed by atoms with Crippen molar-refractivity contribution in [3.05, 3.63) is 64.2 Å². The molecule has 5 rings (SSSR count). The van der Waals surface area contributed by atoms with E-state index in [0.717, 1.165) is 37.0 Å². The normalized spacial score (nSPS) is 27.7. The fourth-order valence-electron chi connectivity index (χ4n) is 5.16. The van der Waals surface area contributed by atoms with E-state index < -0.39 is 17.0 Å². The van der Waals surface area contributed by atoms with Crippen molar-refractivity contribution in [1.29, 1.82) is 0 Å². The Morgan fingerprint density at radius 3 is 2.55 bits per heavy atom. The van der Waals surface area contributed by atoms with Crippen molar-refractivity contribution in [3.63, 3.8) is 0 Å². The minimum absolute atomic E-state index is 0.0565. The first-order chi connectivity index (χ1) is 15.1. The average Bonchev–Trinajstić information content (AvgIpc) is 2.73. The third-order valence-electron chi connectivity index (χ3n) is 6.80. The molecular weight excluding hydrogens is 442 g/mol. The van der Waals surface area contributed by atoms with Crippen molar-refractivity contribution in [1.82, 2.24) is 0 Å². The SMILES string of the molecule is Fc1ccc(F)c2c1OC[C@H]1[C@H](CCSC3COC3)OCC[C@@]21Cc1ccc(Cl)cc1. The fraction of sp³-hybridized carbons (Fsp3) is 0.500. The molecule has 0 N–H and O–H groups in total. The Balaban J connectivity index is 1.49. The third kappa shape index (κ3) is 4.08. The molecule has 0 aromatic heterocycles. The zero-order chi connectivity index (χ0) is 21.4. The highest BCUT2D eigenvalue weighted by atomic mass is 35.5. The Hall–Kier alpha value is -1.34. The van der Waals surface area contributed by atoms with E-state index >= 15 is 4.39 Å². The molecule has 2 saturated heterocycles. The first kappa shape index (κ1) is 21.5. The minimum Gasteiger partial charge on any atom is -0.490 e. The molecule has 0 aliphatic carbocycles. The quantitative estimate of drug-likeness (QED) is 0.568. The van der Waals surface area contributed by atoms with Crippen LogP contribution >= 0.6 is 23.4 Å². The van der Waals surface area contributed by atoms with Gasteiger partial charge < -0.3 is 14.2 Å². The van der Waals surface area contributed by atoms with E-state index in [1.165, 1.54) is 6.07 Å². The Morgan fingerprint density at radius 2 is 1.81 bits per heavy atom. The largest absolute Gasteiger partial charge is 0.490 e. The number of halogens is 3. The number of benzene rings is 2. The van der Waals surface area contributed by atoms with E-state index in [4.69, 9.17) is 25.8 Å². The van der Waals surface area contributed by atoms with Gasteiger partial charge in [0, 0.05) is 28.5 Å². The maximum atomic E-state index is 15.2. The smallest absolute Gasteiger partial charge is 0.165 e. The van der Waals surface area contributed by atoms with E-state index in [2.05, 4.69) is 0 Å². The third-order valence-corrected chi connectivity index (χ3v) is 8.27. The summed E-state index contributed by atoms with van der Waals surface area (Å²) in [6.45, 7) is 2.45. The summed E-state index contributed by atoms with van der Waals surface area (Å²) < 4.78 is 47.2. The van der Waals surface area contributed by atoms with Crippen LogP contribution < -0.4 is 4.74 Å². The highest BCUT2D eigenvalue weighted by Gasteiger charge is 2.53. The van der Waals surface area contributed by atoms with Crippen LogP contribution in [0, 0.1) is 17.6 Å². The summed E-state index contributed by atoms with van der Waals surface area (Å²) >= 11 is 7.98. The lowest BCUT2D eigenvalue weighted by Crippen LogP contribution is -2.55. The molecule has 0 unspecified atom stereocenters. The van der Waals surface area contributed by atoms with Gasteiger partial charge in [-0.3, -0.25) is 0 Å². The van der Waals surface area contributed by atoms with Crippen LogP contribution in [0.2, 0.25) is 5.02 Å². The minimum atomic E-state index is -0.583. The highest BCUT2D eigenvalue weighted by molar-refractivity contribution is 8.00. The maximum Gasteiger partial charge on any atom is 0.165 e. The van der Waals surface area contributed by atoms with Gasteiger partial charge in [0.05, 0.1) is 31.2 Å². The summed E-state index contributed by atoms with van der Waals surface area (Å²) in [6, 6.07) is 10.0. The monoisotopic (exact) mass is 466 g/mol. The van der Waals surface area contributed by atoms with Gasteiger partial charge in [0.15, 0.2) is 11.6 Å². The van der Waals surface area contributed by atoms with Gasteiger partial charge in [-0.1, -0.05) is 23.7 Å². The van der Waals surface area contributed by atoms with Crippen molar-refractivity contribution < 1.29 is 23.0 Å². The zero-order valence-corrected chi connectivity index (χ0v) is 18.7. The molecule has 2 fully saturated rings. The number of rotatable bonds is 6. The van der Waals surface area contributed by atoms with Gasteiger partial charge in [0.2, 0.25) is 0 Å². The lowest BCUT2D eigenvalue weighted by atomic mass is 9.60. The van der Waals surface area contributed by atoms with Crippen LogP contribution in [0.1, 0.15) is 24.0 Å². The molecule has 3 nitrogen and oxygen atoms in total. The predicted octanol–water partition coefficient (Wildman–Crippen LogP) is 5.42. The first-order valence-electron chi connectivity index (χ1n) is 10.7. The molecule has 166 valence electrons. The van der Waals surface area contributed by atoms with Gasteiger partial charge in [-0.15, -0.1) is 0 Å². The summed E-state index contributed by atoms with van der Waals surface area (Å²) in [4.78, 5) is 0. The van der Waals surface area contributed by atoms with Crippen molar-refractivity contribution in [2.75, 3.05) is 32.2 Å². The first-order valence-corrected chi connectivity index (χ1v) is 12.2. The molecule has 2 aromatic rings. The summed E-state index contributed by atoms with van der Waals surface area (Å²) in [6.07, 6.45) is 2.00. The Kier molecular flexibility index (Phi) is 6.17. The molecule has 0 radical (unpaired) electrons. The van der Waals surface area contributed by atoms with Crippen molar-refractivity contribution >= 4 is 23.4 Å². The second-order valence-corrected chi connectivity index (χ2v) is 10.4. The topological polar surface area (TPSA) is 27.7 Å². The molecule has 3 aliphatic heterocycles. The molecule has 2 aromatic carbocycles. The van der Waals surface area contributed by atoms with Gasteiger partial charge >= 0.3 is 0 Å². The molecule has 0 spiro atoms. The Bertz CT molecular complexity index is 937. The van der Waals surface area contributed by atoms with Crippen LogP contribution in [0.3, 0.4) is 0 Å². The van der Waals surface area contributed by atoms with E-state index in [9.17, 15) is 4.39 Å². The molecule has 7 heteroatoms. The van der Waals surface area contributed by atoms with Gasteiger partial charge in [-0.2, -0.15) is 11.8 Å². The average molecular weight is 467 g/mol. The van der Waals surface area contributed by atoms with Crippen LogP contribution in [-0.2, 0) is 21.3 Å². The van der Waals surface area contributed by atoms with E-state index in [1.807, 2.05) is 36.0 Å². The standard InChI is InChI=1S/C24H25ClF2O3S/c25-16-3-1-15(2-4-16)11-24-8-9-29-21(7-10-31-17-12-28-13-17)18(24)14-30-23-20(27)6-5-19(26)22(23)24/h1-6,17-18,21H,7-14H2/t18-,21-,24-/m0/s1. The number of thioether (sulfide) groups is 1. The van der Waals surface area contributed by atoms with Crippen molar-refractivity contribution in [2.24, 2.45) is 5.92 Å². The zero-order valence-electron chi connectivity index (χ0n) is 17.1. The van der Waals surface area contributed by atoms with E-state index in [0.29, 0.717) is 41.9 Å². The molecule has 3 atom stereocenters. The lowest BCUT2D eigenvalue weighted by molar-refractivity contribution is -0.0962. The maximum absolute atomic E-state index is 15.2. The summed E-state index contributed by atoms with van der Waals surface area (Å²) in [7, 11) is 0. The van der Waals surface area contributed by atoms with Gasteiger partial charge in [-0.25, -0.2) is 8.78 Å². The fourth-order valence-corrected chi connectivity index (χ4v) is 6.37. The summed E-state index contributed by atoms with van der Waals surface area (Å²) in [5.41, 5.74) is 0.834. The number of ether oxygens (including phenoxy) is 3. The van der Waals surface area contributed by atoms with Crippen LogP contribution in [0.15, 0.2) is 36.4 Å². The number of fused-ring (bicyclic) bond motifs is 3. The molecule has 3 heterocycles. The molecule has 3 aliphatic rings. The number of hydrogen-bond donors (Lipinski definition) is 0. The van der Waals surface area contributed by atoms with Crippen molar-refractivity contribution in [3.8, 4) is 5.75 Å². The second-order valence-electron chi connectivity index (χ2n) is 8.59. The molecular formula is C24H25ClF2O3S. The summed E-state index contributed by atoms with van der Waals surface area (Å²) in [5.74, 6) is 0.0430. The summed E-state index contributed by atoms with van der Waals surface area (Å²) in [5, 5.41) is 1.21.